The Morgan fingerprint density at radius 1 is 1.12 bits per heavy atom. The lowest BCUT2D eigenvalue weighted by Gasteiger charge is -2.25. The predicted octanol–water partition coefficient (Wildman–Crippen LogP) is 2.36. The van der Waals surface area contributed by atoms with Gasteiger partial charge in [-0.3, -0.25) is 14.5 Å². The number of carbonyl (C=O) groups excluding carboxylic acids is 1. The van der Waals surface area contributed by atoms with Crippen molar-refractivity contribution in [3.05, 3.63) is 54.2 Å². The number of nitrogens with zero attached hydrogens (tertiary/aromatic N) is 6. The number of amidine groups is 1. The summed E-state index contributed by atoms with van der Waals surface area (Å²) >= 11 is 0. The zero-order valence-electron chi connectivity index (χ0n) is 17.9. The van der Waals surface area contributed by atoms with E-state index < -0.39 is 5.91 Å². The van der Waals surface area contributed by atoms with Gasteiger partial charge in [-0.2, -0.15) is 10.1 Å². The number of rotatable bonds is 5. The molecule has 0 bridgehead atoms. The topological polar surface area (TPSA) is 147 Å². The van der Waals surface area contributed by atoms with Gasteiger partial charge in [-0.05, 0) is 11.6 Å². The lowest BCUT2D eigenvalue weighted by Crippen LogP contribution is -2.30. The molecule has 3 aromatic heterocycles. The molecule has 1 saturated carbocycles. The number of anilines is 1. The molecule has 5 rings (SSSR count). The minimum atomic E-state index is -0.426. The third kappa shape index (κ3) is 5.33. The van der Waals surface area contributed by atoms with Crippen molar-refractivity contribution >= 4 is 17.7 Å². The molecular formula is C22H26N8O2. The maximum atomic E-state index is 12.4. The molecule has 166 valence electrons. The molecule has 1 aliphatic carbocycles. The highest BCUT2D eigenvalue weighted by Crippen LogP contribution is 2.21. The summed E-state index contributed by atoms with van der Waals surface area (Å²) in [7, 11) is 0. The van der Waals surface area contributed by atoms with E-state index in [4.69, 9.17) is 16.2 Å². The summed E-state index contributed by atoms with van der Waals surface area (Å²) in [5, 5.41) is 4.19. The van der Waals surface area contributed by atoms with Gasteiger partial charge in [-0.1, -0.05) is 32.3 Å². The summed E-state index contributed by atoms with van der Waals surface area (Å²) in [6, 6.07) is 3.89. The van der Waals surface area contributed by atoms with Gasteiger partial charge in [0.05, 0.1) is 36.7 Å². The van der Waals surface area contributed by atoms with E-state index in [1.165, 1.54) is 25.5 Å². The van der Waals surface area contributed by atoms with Crippen molar-refractivity contribution in [2.45, 2.75) is 38.1 Å². The smallest absolute Gasteiger partial charge is 0.281 e. The summed E-state index contributed by atoms with van der Waals surface area (Å²) in [5.74, 6) is -0.290. The summed E-state index contributed by atoms with van der Waals surface area (Å²) in [6.07, 6.45) is 12.6. The fraction of sp³-hybridized carbons (Fsp3) is 0.364. The minimum Gasteiger partial charge on any atom is -0.387 e. The second kappa shape index (κ2) is 9.65. The molecule has 0 radical (unpaired) electrons. The highest BCUT2D eigenvalue weighted by atomic mass is 16.5. The van der Waals surface area contributed by atoms with Gasteiger partial charge in [0.1, 0.15) is 5.84 Å². The number of carbonyl (C=O) groups is 1. The minimum absolute atomic E-state index is 0.174. The van der Waals surface area contributed by atoms with Crippen LogP contribution in [0.2, 0.25) is 0 Å². The van der Waals surface area contributed by atoms with E-state index in [1.54, 1.807) is 29.5 Å². The van der Waals surface area contributed by atoms with Gasteiger partial charge in [-0.25, -0.2) is 9.97 Å². The molecule has 0 aromatic carbocycles. The normalized spacial score (nSPS) is 16.5. The molecule has 3 aromatic rings. The zero-order valence-corrected chi connectivity index (χ0v) is 17.9. The summed E-state index contributed by atoms with van der Waals surface area (Å²) in [5.41, 5.74) is 14.3. The fourth-order valence-corrected chi connectivity index (χ4v) is 2.78. The van der Waals surface area contributed by atoms with Crippen LogP contribution in [0.25, 0.3) is 11.3 Å². The average molecular weight is 435 g/mol. The van der Waals surface area contributed by atoms with Crippen LogP contribution in [0.4, 0.5) is 5.95 Å². The van der Waals surface area contributed by atoms with Crippen LogP contribution >= 0.6 is 0 Å². The van der Waals surface area contributed by atoms with Crippen molar-refractivity contribution in [3.63, 3.8) is 0 Å². The summed E-state index contributed by atoms with van der Waals surface area (Å²) in [6.45, 7) is 3.07. The number of aliphatic imine (C=N–C) groups is 1. The van der Waals surface area contributed by atoms with Gasteiger partial charge >= 0.3 is 0 Å². The first-order valence-corrected chi connectivity index (χ1v) is 10.6. The first-order chi connectivity index (χ1) is 15.5. The van der Waals surface area contributed by atoms with Crippen LogP contribution in [0.3, 0.4) is 0 Å². The van der Waals surface area contributed by atoms with Crippen LogP contribution in [0.1, 0.15) is 54.1 Å². The number of nitrogens with two attached hydrogens (primary N) is 2. The number of amides is 1. The van der Waals surface area contributed by atoms with E-state index in [1.807, 2.05) is 19.1 Å². The van der Waals surface area contributed by atoms with Crippen molar-refractivity contribution in [2.75, 3.05) is 18.9 Å². The quantitative estimate of drug-likeness (QED) is 0.459. The largest absolute Gasteiger partial charge is 0.387 e. The number of ether oxygens (including phenoxy) is 1. The van der Waals surface area contributed by atoms with Gasteiger partial charge in [0, 0.05) is 36.3 Å². The third-order valence-electron chi connectivity index (χ3n) is 5.12. The van der Waals surface area contributed by atoms with E-state index in [9.17, 15) is 4.79 Å². The average Bonchev–Trinajstić information content (AvgIpc) is 3.58. The van der Waals surface area contributed by atoms with Gasteiger partial charge in [0.2, 0.25) is 5.95 Å². The molecule has 2 aliphatic rings. The monoisotopic (exact) mass is 434 g/mol. The first kappa shape index (κ1) is 21.6. The van der Waals surface area contributed by atoms with E-state index in [-0.39, 0.29) is 23.7 Å². The van der Waals surface area contributed by atoms with Crippen LogP contribution < -0.4 is 11.5 Å². The molecule has 2 fully saturated rings. The SMILES string of the molecule is C1CC1.CC(C(N)=NC(=O)c1cnn(C2COC2)c1)c1ccc(-c2cnc(N)nc2)nc1. The van der Waals surface area contributed by atoms with Gasteiger partial charge < -0.3 is 16.2 Å². The van der Waals surface area contributed by atoms with Gasteiger partial charge in [-0.15, -0.1) is 0 Å². The maximum absolute atomic E-state index is 12.4. The molecule has 1 unspecified atom stereocenters. The second-order valence-electron chi connectivity index (χ2n) is 7.83. The molecule has 0 spiro atoms. The van der Waals surface area contributed by atoms with Crippen molar-refractivity contribution < 1.29 is 9.53 Å². The Labute approximate surface area is 185 Å². The van der Waals surface area contributed by atoms with E-state index in [0.717, 1.165) is 11.1 Å². The molecule has 10 nitrogen and oxygen atoms in total. The Morgan fingerprint density at radius 3 is 2.41 bits per heavy atom. The van der Waals surface area contributed by atoms with Crippen molar-refractivity contribution in [1.29, 1.82) is 0 Å². The van der Waals surface area contributed by atoms with Crippen molar-refractivity contribution in [2.24, 2.45) is 10.7 Å². The maximum Gasteiger partial charge on any atom is 0.281 e. The predicted molar refractivity (Wildman–Crippen MR) is 120 cm³/mol. The highest BCUT2D eigenvalue weighted by molar-refractivity contribution is 6.04. The molecule has 1 aliphatic heterocycles. The number of nitrogen functional groups attached to an aromatic ring is 1. The van der Waals surface area contributed by atoms with Gasteiger partial charge in [0.15, 0.2) is 0 Å². The summed E-state index contributed by atoms with van der Waals surface area (Å²) < 4.78 is 6.85. The third-order valence-corrected chi connectivity index (χ3v) is 5.12. The molecule has 10 heteroatoms. The van der Waals surface area contributed by atoms with E-state index >= 15 is 0 Å². The van der Waals surface area contributed by atoms with Gasteiger partial charge in [0.25, 0.3) is 5.91 Å². The van der Waals surface area contributed by atoms with Crippen LogP contribution in [-0.4, -0.2) is 49.7 Å². The molecule has 1 atom stereocenters. The Kier molecular flexibility index (Phi) is 6.50. The zero-order chi connectivity index (χ0) is 22.5. The van der Waals surface area contributed by atoms with E-state index in [2.05, 4.69) is 25.0 Å². The molecule has 4 N–H and O–H groups in total. The number of hydrogen-bond donors (Lipinski definition) is 2. The number of aromatic nitrogens is 5. The highest BCUT2D eigenvalue weighted by Gasteiger charge is 2.22. The Morgan fingerprint density at radius 2 is 1.84 bits per heavy atom. The molecule has 4 heterocycles. The molecule has 1 amide bonds. The standard InChI is InChI=1S/C19H20N8O2.C3H6/c1-11(12-2-3-16(22-4-12)13-5-23-19(21)24-6-13)17(20)26-18(28)14-7-25-27(8-14)15-9-29-10-15;1-2-3-1/h2-8,11,15H,9-10H2,1H3,(H2,20,26,28)(H2,21,23,24);1-3H2. The summed E-state index contributed by atoms with van der Waals surface area (Å²) in [4.78, 5) is 28.8. The lowest BCUT2D eigenvalue weighted by atomic mass is 10.0. The van der Waals surface area contributed by atoms with Crippen molar-refractivity contribution in [3.8, 4) is 11.3 Å². The number of pyridine rings is 1. The Balaban J connectivity index is 0.000000754. The Hall–Kier alpha value is -3.66. The van der Waals surface area contributed by atoms with Crippen molar-refractivity contribution in [1.82, 2.24) is 24.7 Å². The first-order valence-electron chi connectivity index (χ1n) is 10.6. The van der Waals surface area contributed by atoms with Crippen LogP contribution in [-0.2, 0) is 4.74 Å². The van der Waals surface area contributed by atoms with Crippen LogP contribution in [0.5, 0.6) is 0 Å². The number of hydrogen-bond acceptors (Lipinski definition) is 7. The Bertz CT molecular complexity index is 1080. The van der Waals surface area contributed by atoms with Crippen LogP contribution in [0, 0.1) is 0 Å². The molecule has 32 heavy (non-hydrogen) atoms. The lowest BCUT2D eigenvalue weighted by molar-refractivity contribution is -0.0286. The molecule has 1 saturated heterocycles. The fourth-order valence-electron chi connectivity index (χ4n) is 2.78. The van der Waals surface area contributed by atoms with Crippen LogP contribution in [0.15, 0.2) is 48.1 Å². The van der Waals surface area contributed by atoms with E-state index in [0.29, 0.717) is 24.5 Å². The molecular weight excluding hydrogens is 408 g/mol. The second-order valence-corrected chi connectivity index (χ2v) is 7.83.